The molecule has 0 spiro atoms. The third-order valence-electron chi connectivity index (χ3n) is 4.48. The van der Waals surface area contributed by atoms with E-state index >= 15 is 0 Å². The van der Waals surface area contributed by atoms with E-state index in [1.807, 2.05) is 6.07 Å². The van der Waals surface area contributed by atoms with E-state index in [1.54, 1.807) is 31.2 Å². The molecule has 4 amide bonds. The third kappa shape index (κ3) is 3.50. The summed E-state index contributed by atoms with van der Waals surface area (Å²) in [6, 6.07) is 11.9. The molecule has 1 saturated heterocycles. The second-order valence-corrected chi connectivity index (χ2v) is 6.53. The summed E-state index contributed by atoms with van der Waals surface area (Å²) in [5.74, 6) is -1.70. The minimum atomic E-state index is -1.20. The zero-order valence-electron chi connectivity index (χ0n) is 14.5. The SMILES string of the molecule is CC[C@@]1(c2ccccc2)NC(=O)N(CC(=O)Nc2ccc(F)c(Cl)c2)C1=O. The fourth-order valence-corrected chi connectivity index (χ4v) is 3.23. The number of hydrogen-bond acceptors (Lipinski definition) is 3. The van der Waals surface area contributed by atoms with E-state index in [-0.39, 0.29) is 10.7 Å². The Morgan fingerprint density at radius 2 is 1.93 bits per heavy atom. The standard InChI is InChI=1S/C19H17ClFN3O3/c1-2-19(12-6-4-3-5-7-12)17(26)24(18(27)23-19)11-16(25)22-13-8-9-15(21)14(20)10-13/h3-10H,2,11H2,1H3,(H,22,25)(H,23,27)/t19-/m0/s1. The van der Waals surface area contributed by atoms with Gasteiger partial charge in [-0.25, -0.2) is 9.18 Å². The summed E-state index contributed by atoms with van der Waals surface area (Å²) in [4.78, 5) is 38.5. The van der Waals surface area contributed by atoms with Crippen LogP contribution in [0.1, 0.15) is 18.9 Å². The van der Waals surface area contributed by atoms with E-state index in [1.165, 1.54) is 12.1 Å². The normalized spacial score (nSPS) is 19.1. The summed E-state index contributed by atoms with van der Waals surface area (Å²) in [5.41, 5.74) is -0.278. The second-order valence-electron chi connectivity index (χ2n) is 6.12. The number of anilines is 1. The van der Waals surface area contributed by atoms with Gasteiger partial charge in [0.2, 0.25) is 5.91 Å². The Morgan fingerprint density at radius 1 is 1.22 bits per heavy atom. The number of urea groups is 1. The van der Waals surface area contributed by atoms with Crippen LogP contribution in [-0.4, -0.2) is 29.3 Å². The van der Waals surface area contributed by atoms with Crippen LogP contribution in [0.2, 0.25) is 5.02 Å². The fraction of sp³-hybridized carbons (Fsp3) is 0.211. The molecule has 2 N–H and O–H groups in total. The topological polar surface area (TPSA) is 78.5 Å². The molecule has 6 nitrogen and oxygen atoms in total. The molecule has 0 aromatic heterocycles. The van der Waals surface area contributed by atoms with E-state index in [9.17, 15) is 18.8 Å². The van der Waals surface area contributed by atoms with Gasteiger partial charge in [-0.2, -0.15) is 0 Å². The molecule has 2 aromatic carbocycles. The summed E-state index contributed by atoms with van der Waals surface area (Å²) >= 11 is 5.68. The van der Waals surface area contributed by atoms with Gasteiger partial charge in [0, 0.05) is 5.69 Å². The Hall–Kier alpha value is -2.93. The molecular weight excluding hydrogens is 373 g/mol. The van der Waals surface area contributed by atoms with Gasteiger partial charge in [0.25, 0.3) is 5.91 Å². The maximum Gasteiger partial charge on any atom is 0.325 e. The highest BCUT2D eigenvalue weighted by molar-refractivity contribution is 6.31. The molecule has 8 heteroatoms. The Balaban J connectivity index is 1.77. The molecule has 1 aliphatic rings. The lowest BCUT2D eigenvalue weighted by molar-refractivity contribution is -0.134. The van der Waals surface area contributed by atoms with Crippen molar-refractivity contribution < 1.29 is 18.8 Å². The number of hydrogen-bond donors (Lipinski definition) is 2. The highest BCUT2D eigenvalue weighted by Gasteiger charge is 2.51. The molecule has 3 rings (SSSR count). The Kier molecular flexibility index (Phi) is 5.14. The van der Waals surface area contributed by atoms with Gasteiger partial charge in [-0.15, -0.1) is 0 Å². The molecule has 0 aliphatic carbocycles. The zero-order chi connectivity index (χ0) is 19.6. The average molecular weight is 390 g/mol. The highest BCUT2D eigenvalue weighted by atomic mass is 35.5. The van der Waals surface area contributed by atoms with Crippen LogP contribution in [0.25, 0.3) is 0 Å². The first kappa shape index (κ1) is 18.8. The number of nitrogens with zero attached hydrogens (tertiary/aromatic N) is 1. The van der Waals surface area contributed by atoms with Crippen molar-refractivity contribution in [2.24, 2.45) is 0 Å². The number of imide groups is 1. The van der Waals surface area contributed by atoms with Crippen LogP contribution >= 0.6 is 11.6 Å². The molecule has 1 atom stereocenters. The number of amides is 4. The van der Waals surface area contributed by atoms with Crippen LogP contribution < -0.4 is 10.6 Å². The van der Waals surface area contributed by atoms with Crippen LogP contribution in [0, 0.1) is 5.82 Å². The lowest BCUT2D eigenvalue weighted by Crippen LogP contribution is -2.44. The smallest absolute Gasteiger partial charge is 0.324 e. The number of benzene rings is 2. The number of halogens is 2. The van der Waals surface area contributed by atoms with Gasteiger partial charge in [0.1, 0.15) is 17.9 Å². The van der Waals surface area contributed by atoms with Crippen LogP contribution in [0.15, 0.2) is 48.5 Å². The quantitative estimate of drug-likeness (QED) is 0.770. The highest BCUT2D eigenvalue weighted by Crippen LogP contribution is 2.32. The number of carbonyl (C=O) groups is 3. The van der Waals surface area contributed by atoms with Crippen molar-refractivity contribution in [1.29, 1.82) is 0 Å². The lowest BCUT2D eigenvalue weighted by atomic mass is 9.87. The van der Waals surface area contributed by atoms with Crippen LogP contribution in [-0.2, 0) is 15.1 Å². The number of carbonyl (C=O) groups excluding carboxylic acids is 3. The van der Waals surface area contributed by atoms with E-state index in [2.05, 4.69) is 10.6 Å². The maximum atomic E-state index is 13.2. The maximum absolute atomic E-state index is 13.2. The minimum absolute atomic E-state index is 0.142. The summed E-state index contributed by atoms with van der Waals surface area (Å²) in [5, 5.41) is 5.06. The number of nitrogens with one attached hydrogen (secondary N) is 2. The van der Waals surface area contributed by atoms with Gasteiger partial charge in [0.05, 0.1) is 5.02 Å². The molecule has 2 aromatic rings. The van der Waals surface area contributed by atoms with Crippen LogP contribution in [0.4, 0.5) is 14.9 Å². The van der Waals surface area contributed by atoms with Crippen molar-refractivity contribution in [2.45, 2.75) is 18.9 Å². The van der Waals surface area contributed by atoms with E-state index < -0.39 is 35.7 Å². The first-order valence-corrected chi connectivity index (χ1v) is 8.69. The van der Waals surface area contributed by atoms with E-state index in [0.717, 1.165) is 11.0 Å². The lowest BCUT2D eigenvalue weighted by Gasteiger charge is -2.25. The molecule has 140 valence electrons. The average Bonchev–Trinajstić information content (AvgIpc) is 2.90. The third-order valence-corrected chi connectivity index (χ3v) is 4.77. The first-order valence-electron chi connectivity index (χ1n) is 8.32. The summed E-state index contributed by atoms with van der Waals surface area (Å²) in [6.45, 7) is 1.32. The van der Waals surface area contributed by atoms with Gasteiger partial charge in [0.15, 0.2) is 0 Å². The first-order chi connectivity index (χ1) is 12.9. The molecule has 27 heavy (non-hydrogen) atoms. The van der Waals surface area contributed by atoms with E-state index in [4.69, 9.17) is 11.6 Å². The summed E-state index contributed by atoms with van der Waals surface area (Å²) < 4.78 is 13.2. The molecular formula is C19H17ClFN3O3. The molecule has 1 heterocycles. The zero-order valence-corrected chi connectivity index (χ0v) is 15.2. The largest absolute Gasteiger partial charge is 0.325 e. The van der Waals surface area contributed by atoms with Crippen LogP contribution in [0.3, 0.4) is 0 Å². The molecule has 1 fully saturated rings. The molecule has 0 unspecified atom stereocenters. The summed E-state index contributed by atoms with van der Waals surface area (Å²) in [7, 11) is 0. The minimum Gasteiger partial charge on any atom is -0.324 e. The van der Waals surface area contributed by atoms with Crippen molar-refractivity contribution >= 4 is 35.1 Å². The second kappa shape index (κ2) is 7.36. The van der Waals surface area contributed by atoms with E-state index in [0.29, 0.717) is 12.0 Å². The van der Waals surface area contributed by atoms with Crippen molar-refractivity contribution in [1.82, 2.24) is 10.2 Å². The monoisotopic (exact) mass is 389 g/mol. The predicted octanol–water partition coefficient (Wildman–Crippen LogP) is 3.27. The predicted molar refractivity (Wildman–Crippen MR) is 98.7 cm³/mol. The summed E-state index contributed by atoms with van der Waals surface area (Å²) in [6.07, 6.45) is 0.341. The van der Waals surface area contributed by atoms with Crippen molar-refractivity contribution in [3.63, 3.8) is 0 Å². The van der Waals surface area contributed by atoms with Gasteiger partial charge in [-0.1, -0.05) is 48.9 Å². The Morgan fingerprint density at radius 3 is 2.56 bits per heavy atom. The fourth-order valence-electron chi connectivity index (χ4n) is 3.05. The van der Waals surface area contributed by atoms with Gasteiger partial charge < -0.3 is 10.6 Å². The molecule has 0 radical (unpaired) electrons. The molecule has 1 aliphatic heterocycles. The Labute approximate surface area is 160 Å². The Bertz CT molecular complexity index is 906. The van der Waals surface area contributed by atoms with Crippen molar-refractivity contribution in [3.8, 4) is 0 Å². The number of rotatable bonds is 5. The van der Waals surface area contributed by atoms with Gasteiger partial charge in [-0.05, 0) is 30.2 Å². The van der Waals surface area contributed by atoms with Crippen molar-refractivity contribution in [2.75, 3.05) is 11.9 Å². The van der Waals surface area contributed by atoms with Crippen molar-refractivity contribution in [3.05, 3.63) is 64.9 Å². The van der Waals surface area contributed by atoms with Gasteiger partial charge in [-0.3, -0.25) is 14.5 Å². The molecule has 0 saturated carbocycles. The molecule has 0 bridgehead atoms. The van der Waals surface area contributed by atoms with Crippen LogP contribution in [0.5, 0.6) is 0 Å². The van der Waals surface area contributed by atoms with Gasteiger partial charge >= 0.3 is 6.03 Å².